The van der Waals surface area contributed by atoms with Gasteiger partial charge in [-0.05, 0) is 12.1 Å². The SMILES string of the molecule is CN=CC(=CN)c1ccc(OC)cc1N1CCN(CCF)CC1. The lowest BCUT2D eigenvalue weighted by atomic mass is 10.0. The van der Waals surface area contributed by atoms with Crippen molar-refractivity contribution in [2.45, 2.75) is 0 Å². The monoisotopic (exact) mass is 320 g/mol. The zero-order valence-corrected chi connectivity index (χ0v) is 13.8. The summed E-state index contributed by atoms with van der Waals surface area (Å²) in [6, 6.07) is 5.95. The molecule has 23 heavy (non-hydrogen) atoms. The second kappa shape index (κ2) is 8.53. The van der Waals surface area contributed by atoms with Gasteiger partial charge >= 0.3 is 0 Å². The van der Waals surface area contributed by atoms with Crippen molar-refractivity contribution in [3.63, 3.8) is 0 Å². The van der Waals surface area contributed by atoms with Crippen molar-refractivity contribution in [1.82, 2.24) is 4.90 Å². The largest absolute Gasteiger partial charge is 0.497 e. The molecule has 1 aliphatic rings. The lowest BCUT2D eigenvalue weighted by Crippen LogP contribution is -2.47. The van der Waals surface area contributed by atoms with E-state index in [9.17, 15) is 4.39 Å². The number of rotatable bonds is 6. The van der Waals surface area contributed by atoms with Gasteiger partial charge in [-0.2, -0.15) is 0 Å². The highest BCUT2D eigenvalue weighted by Crippen LogP contribution is 2.31. The van der Waals surface area contributed by atoms with Crippen LogP contribution >= 0.6 is 0 Å². The summed E-state index contributed by atoms with van der Waals surface area (Å²) in [7, 11) is 3.38. The summed E-state index contributed by atoms with van der Waals surface area (Å²) in [6.07, 6.45) is 3.32. The first kappa shape index (κ1) is 17.3. The normalized spacial score (nSPS) is 17.0. The van der Waals surface area contributed by atoms with Crippen LogP contribution < -0.4 is 15.4 Å². The van der Waals surface area contributed by atoms with Gasteiger partial charge in [-0.1, -0.05) is 0 Å². The summed E-state index contributed by atoms with van der Waals surface area (Å²) in [6.45, 7) is 3.61. The smallest absolute Gasteiger partial charge is 0.120 e. The van der Waals surface area contributed by atoms with Crippen molar-refractivity contribution in [3.05, 3.63) is 30.0 Å². The van der Waals surface area contributed by atoms with Gasteiger partial charge in [0, 0.05) is 75.1 Å². The third-order valence-corrected chi connectivity index (χ3v) is 4.08. The minimum Gasteiger partial charge on any atom is -0.497 e. The van der Waals surface area contributed by atoms with Gasteiger partial charge in [0.05, 0.1) is 7.11 Å². The summed E-state index contributed by atoms with van der Waals surface area (Å²) in [4.78, 5) is 8.51. The molecule has 1 aromatic carbocycles. The first-order chi connectivity index (χ1) is 11.2. The van der Waals surface area contributed by atoms with E-state index in [2.05, 4.69) is 14.8 Å². The number of methoxy groups -OCH3 is 1. The Morgan fingerprint density at radius 3 is 2.65 bits per heavy atom. The Hall–Kier alpha value is -2.08. The van der Waals surface area contributed by atoms with E-state index in [0.29, 0.717) is 6.54 Å². The van der Waals surface area contributed by atoms with Crippen LogP contribution in [0.5, 0.6) is 5.75 Å². The predicted molar refractivity (Wildman–Crippen MR) is 94.2 cm³/mol. The molecule has 0 amide bonds. The molecule has 1 heterocycles. The number of nitrogens with zero attached hydrogens (tertiary/aromatic N) is 3. The minimum atomic E-state index is -0.294. The molecule has 0 unspecified atom stereocenters. The molecule has 6 heteroatoms. The van der Waals surface area contributed by atoms with Gasteiger partial charge in [0.1, 0.15) is 12.4 Å². The highest BCUT2D eigenvalue weighted by atomic mass is 19.1. The van der Waals surface area contributed by atoms with Crippen LogP contribution in [0.2, 0.25) is 0 Å². The predicted octanol–water partition coefficient (Wildman–Crippen LogP) is 1.79. The molecule has 1 aliphatic heterocycles. The van der Waals surface area contributed by atoms with Crippen LogP contribution in [0.15, 0.2) is 29.4 Å². The lowest BCUT2D eigenvalue weighted by molar-refractivity contribution is 0.235. The van der Waals surface area contributed by atoms with E-state index in [1.54, 1.807) is 26.6 Å². The topological polar surface area (TPSA) is 54.1 Å². The molecule has 126 valence electrons. The maximum absolute atomic E-state index is 12.5. The summed E-state index contributed by atoms with van der Waals surface area (Å²) in [5.74, 6) is 0.805. The second-order valence-corrected chi connectivity index (χ2v) is 5.41. The number of anilines is 1. The van der Waals surface area contributed by atoms with Crippen molar-refractivity contribution >= 4 is 17.5 Å². The number of ether oxygens (including phenoxy) is 1. The Morgan fingerprint density at radius 1 is 1.35 bits per heavy atom. The van der Waals surface area contributed by atoms with Crippen molar-refractivity contribution < 1.29 is 9.13 Å². The van der Waals surface area contributed by atoms with E-state index in [-0.39, 0.29) is 6.67 Å². The van der Waals surface area contributed by atoms with Crippen LogP contribution in [-0.2, 0) is 0 Å². The Kier molecular flexibility index (Phi) is 6.40. The van der Waals surface area contributed by atoms with Crippen molar-refractivity contribution in [2.24, 2.45) is 10.7 Å². The van der Waals surface area contributed by atoms with Gasteiger partial charge in [-0.15, -0.1) is 0 Å². The Morgan fingerprint density at radius 2 is 2.09 bits per heavy atom. The van der Waals surface area contributed by atoms with E-state index in [0.717, 1.165) is 48.8 Å². The van der Waals surface area contributed by atoms with Crippen molar-refractivity contribution in [2.75, 3.05) is 58.5 Å². The third-order valence-electron chi connectivity index (χ3n) is 4.08. The molecule has 5 nitrogen and oxygen atoms in total. The molecule has 0 saturated carbocycles. The first-order valence-corrected chi connectivity index (χ1v) is 7.79. The molecule has 0 atom stereocenters. The summed E-state index contributed by atoms with van der Waals surface area (Å²) >= 11 is 0. The lowest BCUT2D eigenvalue weighted by Gasteiger charge is -2.36. The summed E-state index contributed by atoms with van der Waals surface area (Å²) in [5.41, 5.74) is 8.74. The molecule has 2 N–H and O–H groups in total. The van der Waals surface area contributed by atoms with E-state index in [4.69, 9.17) is 10.5 Å². The average Bonchev–Trinajstić information content (AvgIpc) is 2.60. The summed E-state index contributed by atoms with van der Waals surface area (Å²) < 4.78 is 17.9. The van der Waals surface area contributed by atoms with Crippen LogP contribution in [0.3, 0.4) is 0 Å². The molecule has 1 aromatic rings. The Balaban J connectivity index is 2.29. The molecule has 0 spiro atoms. The number of hydrogen-bond donors (Lipinski definition) is 1. The van der Waals surface area contributed by atoms with Crippen LogP contribution in [0.4, 0.5) is 10.1 Å². The average molecular weight is 320 g/mol. The number of alkyl halides is 1. The van der Waals surface area contributed by atoms with Gasteiger partial charge in [0.15, 0.2) is 0 Å². The molecule has 2 rings (SSSR count). The van der Waals surface area contributed by atoms with Crippen LogP contribution in [0, 0.1) is 0 Å². The number of allylic oxidation sites excluding steroid dienone is 1. The van der Waals surface area contributed by atoms with Crippen LogP contribution in [0.1, 0.15) is 5.56 Å². The molecule has 0 radical (unpaired) electrons. The van der Waals surface area contributed by atoms with Gasteiger partial charge < -0.3 is 15.4 Å². The highest BCUT2D eigenvalue weighted by molar-refractivity contribution is 6.11. The number of piperazine rings is 1. The van der Waals surface area contributed by atoms with Crippen LogP contribution in [-0.4, -0.2) is 64.7 Å². The van der Waals surface area contributed by atoms with Gasteiger partial charge in [-0.25, -0.2) is 4.39 Å². The fourth-order valence-corrected chi connectivity index (χ4v) is 2.82. The fourth-order valence-electron chi connectivity index (χ4n) is 2.82. The fraction of sp³-hybridized carbons (Fsp3) is 0.471. The molecular formula is C17H25FN4O. The Labute approximate surface area is 137 Å². The zero-order chi connectivity index (χ0) is 16.7. The molecule has 0 aromatic heterocycles. The molecular weight excluding hydrogens is 295 g/mol. The first-order valence-electron chi connectivity index (χ1n) is 7.79. The zero-order valence-electron chi connectivity index (χ0n) is 13.8. The van der Waals surface area contributed by atoms with E-state index < -0.39 is 0 Å². The number of hydrogen-bond acceptors (Lipinski definition) is 5. The van der Waals surface area contributed by atoms with Gasteiger partial charge in [-0.3, -0.25) is 9.89 Å². The number of benzene rings is 1. The van der Waals surface area contributed by atoms with Gasteiger partial charge in [0.2, 0.25) is 0 Å². The molecule has 1 fully saturated rings. The van der Waals surface area contributed by atoms with Gasteiger partial charge in [0.25, 0.3) is 0 Å². The van der Waals surface area contributed by atoms with Crippen molar-refractivity contribution in [3.8, 4) is 5.75 Å². The number of halogens is 1. The number of aliphatic imine (C=N–C) groups is 1. The van der Waals surface area contributed by atoms with E-state index in [1.807, 2.05) is 18.2 Å². The minimum absolute atomic E-state index is 0.294. The van der Waals surface area contributed by atoms with E-state index >= 15 is 0 Å². The standard InChI is InChI=1S/C17H25FN4O/c1-20-13-14(12-19)16-4-3-15(23-2)11-17(16)22-9-7-21(6-5-18)8-10-22/h3-4,11-13H,5-10,19H2,1-2H3. The summed E-state index contributed by atoms with van der Waals surface area (Å²) in [5, 5.41) is 0. The van der Waals surface area contributed by atoms with E-state index in [1.165, 1.54) is 0 Å². The second-order valence-electron chi connectivity index (χ2n) is 5.41. The number of nitrogens with two attached hydrogens (primary N) is 1. The molecule has 0 aliphatic carbocycles. The van der Waals surface area contributed by atoms with Crippen molar-refractivity contribution in [1.29, 1.82) is 0 Å². The quantitative estimate of drug-likeness (QED) is 0.812. The highest BCUT2D eigenvalue weighted by Gasteiger charge is 2.20. The third kappa shape index (κ3) is 4.22. The maximum Gasteiger partial charge on any atom is 0.120 e. The maximum atomic E-state index is 12.5. The molecule has 1 saturated heterocycles. The van der Waals surface area contributed by atoms with Crippen LogP contribution in [0.25, 0.3) is 5.57 Å². The molecule has 0 bridgehead atoms. The Bertz CT molecular complexity index is 566.